The van der Waals surface area contributed by atoms with Crippen LogP contribution in [0.5, 0.6) is 5.75 Å². The molecule has 172 valence electrons. The average Bonchev–Trinajstić information content (AvgIpc) is 3.14. The Morgan fingerprint density at radius 1 is 1.06 bits per heavy atom. The van der Waals surface area contributed by atoms with Crippen LogP contribution in [0.1, 0.15) is 60.9 Å². The lowest BCUT2D eigenvalue weighted by atomic mass is 9.70. The molecule has 4 heteroatoms. The molecule has 1 heterocycles. The van der Waals surface area contributed by atoms with Gasteiger partial charge in [0.25, 0.3) is 0 Å². The van der Waals surface area contributed by atoms with Gasteiger partial charge in [0.15, 0.2) is 0 Å². The minimum Gasteiger partial charge on any atom is -0.489 e. The molecule has 1 aliphatic carbocycles. The van der Waals surface area contributed by atoms with Crippen LogP contribution in [0.25, 0.3) is 16.6 Å². The SMILES string of the molecule is Cc1cc(-n2c(C(C)C)c(C3CC(C#N)C3)c3cc(OCc4ccccc4)ccc32)ccc1F. The summed E-state index contributed by atoms with van der Waals surface area (Å²) in [5.41, 5.74) is 6.36. The van der Waals surface area contributed by atoms with E-state index in [4.69, 9.17) is 4.74 Å². The van der Waals surface area contributed by atoms with Gasteiger partial charge >= 0.3 is 0 Å². The molecule has 1 aliphatic rings. The van der Waals surface area contributed by atoms with Gasteiger partial charge in [-0.15, -0.1) is 0 Å². The number of rotatable bonds is 6. The number of hydrogen-bond acceptors (Lipinski definition) is 2. The quantitative estimate of drug-likeness (QED) is 0.299. The molecule has 1 saturated carbocycles. The molecule has 0 saturated heterocycles. The molecular weight excluding hydrogens is 423 g/mol. The van der Waals surface area contributed by atoms with Crippen LogP contribution in [0.3, 0.4) is 0 Å². The molecule has 1 aromatic heterocycles. The highest BCUT2D eigenvalue weighted by atomic mass is 19.1. The first-order valence-electron chi connectivity index (χ1n) is 12.0. The third-order valence-corrected chi connectivity index (χ3v) is 6.94. The Morgan fingerprint density at radius 3 is 2.50 bits per heavy atom. The number of nitriles is 1. The summed E-state index contributed by atoms with van der Waals surface area (Å²) in [5.74, 6) is 1.36. The Bertz CT molecular complexity index is 1370. The predicted octanol–water partition coefficient (Wildman–Crippen LogP) is 7.80. The van der Waals surface area contributed by atoms with Crippen LogP contribution >= 0.6 is 0 Å². The van der Waals surface area contributed by atoms with Gasteiger partial charge < -0.3 is 9.30 Å². The fourth-order valence-electron chi connectivity index (χ4n) is 5.15. The summed E-state index contributed by atoms with van der Waals surface area (Å²) in [4.78, 5) is 0. The maximum atomic E-state index is 14.1. The van der Waals surface area contributed by atoms with Crippen molar-refractivity contribution in [2.24, 2.45) is 5.92 Å². The van der Waals surface area contributed by atoms with Gasteiger partial charge in [-0.2, -0.15) is 5.26 Å². The van der Waals surface area contributed by atoms with Crippen molar-refractivity contribution in [2.75, 3.05) is 0 Å². The van der Waals surface area contributed by atoms with Crippen LogP contribution in [0, 0.1) is 30.0 Å². The van der Waals surface area contributed by atoms with Crippen molar-refractivity contribution in [3.63, 3.8) is 0 Å². The zero-order chi connectivity index (χ0) is 23.8. The molecule has 3 aromatic carbocycles. The fraction of sp³-hybridized carbons (Fsp3) is 0.300. The van der Waals surface area contributed by atoms with Crippen molar-refractivity contribution >= 4 is 10.9 Å². The Morgan fingerprint density at radius 2 is 1.82 bits per heavy atom. The maximum Gasteiger partial charge on any atom is 0.126 e. The van der Waals surface area contributed by atoms with Crippen molar-refractivity contribution in [3.05, 3.63) is 94.9 Å². The smallest absolute Gasteiger partial charge is 0.126 e. The number of hydrogen-bond donors (Lipinski definition) is 0. The number of halogens is 1. The van der Waals surface area contributed by atoms with Gasteiger partial charge in [-0.25, -0.2) is 4.39 Å². The van der Waals surface area contributed by atoms with E-state index in [1.807, 2.05) is 36.4 Å². The van der Waals surface area contributed by atoms with Gasteiger partial charge in [0, 0.05) is 22.7 Å². The van der Waals surface area contributed by atoms with Gasteiger partial charge in [-0.05, 0) is 84.7 Å². The third-order valence-electron chi connectivity index (χ3n) is 6.94. The Balaban J connectivity index is 1.65. The Hall–Kier alpha value is -3.58. The van der Waals surface area contributed by atoms with Crippen molar-refractivity contribution in [2.45, 2.75) is 52.1 Å². The van der Waals surface area contributed by atoms with E-state index < -0.39 is 0 Å². The van der Waals surface area contributed by atoms with E-state index in [2.05, 4.69) is 48.7 Å². The number of benzene rings is 3. The third kappa shape index (κ3) is 3.96. The lowest BCUT2D eigenvalue weighted by Crippen LogP contribution is -2.21. The summed E-state index contributed by atoms with van der Waals surface area (Å²) in [6, 6.07) is 24.2. The fourth-order valence-corrected chi connectivity index (χ4v) is 5.15. The minimum absolute atomic E-state index is 0.119. The van der Waals surface area contributed by atoms with Crippen LogP contribution in [-0.2, 0) is 6.61 Å². The van der Waals surface area contributed by atoms with Gasteiger partial charge in [0.05, 0.1) is 11.6 Å². The van der Waals surface area contributed by atoms with Crippen molar-refractivity contribution in [1.29, 1.82) is 5.26 Å². The summed E-state index contributed by atoms with van der Waals surface area (Å²) in [6.07, 6.45) is 1.76. The second-order valence-corrected chi connectivity index (χ2v) is 9.67. The Labute approximate surface area is 200 Å². The second-order valence-electron chi connectivity index (χ2n) is 9.67. The van der Waals surface area contributed by atoms with Crippen LogP contribution in [0.2, 0.25) is 0 Å². The molecule has 0 amide bonds. The normalized spacial score (nSPS) is 17.5. The summed E-state index contributed by atoms with van der Waals surface area (Å²) in [7, 11) is 0. The molecule has 3 nitrogen and oxygen atoms in total. The second kappa shape index (κ2) is 8.99. The van der Waals surface area contributed by atoms with E-state index in [0.717, 1.165) is 40.7 Å². The zero-order valence-corrected chi connectivity index (χ0v) is 19.9. The summed E-state index contributed by atoms with van der Waals surface area (Å²) < 4.78 is 22.5. The van der Waals surface area contributed by atoms with Gasteiger partial charge in [-0.3, -0.25) is 0 Å². The van der Waals surface area contributed by atoms with E-state index in [-0.39, 0.29) is 17.7 Å². The lowest BCUT2D eigenvalue weighted by molar-refractivity contribution is 0.306. The maximum absolute atomic E-state index is 14.1. The predicted molar refractivity (Wildman–Crippen MR) is 134 cm³/mol. The molecule has 5 rings (SSSR count). The number of aromatic nitrogens is 1. The van der Waals surface area contributed by atoms with E-state index in [1.165, 1.54) is 11.3 Å². The highest BCUT2D eigenvalue weighted by molar-refractivity contribution is 5.89. The molecule has 0 unspecified atom stereocenters. The molecule has 0 atom stereocenters. The van der Waals surface area contributed by atoms with E-state index in [9.17, 15) is 9.65 Å². The van der Waals surface area contributed by atoms with Crippen molar-refractivity contribution in [3.8, 4) is 17.5 Å². The first kappa shape index (κ1) is 22.2. The molecule has 0 aliphatic heterocycles. The molecular formula is C30H29FN2O. The summed E-state index contributed by atoms with van der Waals surface area (Å²) in [5, 5.41) is 10.6. The molecule has 0 N–H and O–H groups in total. The monoisotopic (exact) mass is 452 g/mol. The standard InChI is InChI=1S/C30H29FN2O/c1-19(2)30-29(23-14-22(15-23)17-32)26-16-25(34-18-21-7-5-4-6-8-21)10-12-28(26)33(30)24-9-11-27(31)20(3)13-24/h4-13,16,19,22-23H,14-15,18H2,1-3H3. The first-order chi connectivity index (χ1) is 16.5. The van der Waals surface area contributed by atoms with Gasteiger partial charge in [0.2, 0.25) is 0 Å². The number of ether oxygens (including phenoxy) is 1. The summed E-state index contributed by atoms with van der Waals surface area (Å²) in [6.45, 7) is 6.73. The Kier molecular flexibility index (Phi) is 5.87. The van der Waals surface area contributed by atoms with Crippen LogP contribution in [0.4, 0.5) is 4.39 Å². The molecule has 4 aromatic rings. The largest absolute Gasteiger partial charge is 0.489 e. The zero-order valence-electron chi connectivity index (χ0n) is 19.9. The van der Waals surface area contributed by atoms with Crippen LogP contribution in [-0.4, -0.2) is 4.57 Å². The van der Waals surface area contributed by atoms with Gasteiger partial charge in [-0.1, -0.05) is 44.2 Å². The topological polar surface area (TPSA) is 38.0 Å². The van der Waals surface area contributed by atoms with Gasteiger partial charge in [0.1, 0.15) is 18.2 Å². The highest BCUT2D eigenvalue weighted by Crippen LogP contribution is 2.49. The van der Waals surface area contributed by atoms with Crippen LogP contribution < -0.4 is 4.74 Å². The number of nitrogens with zero attached hydrogens (tertiary/aromatic N) is 2. The van der Waals surface area contributed by atoms with Crippen molar-refractivity contribution < 1.29 is 9.13 Å². The van der Waals surface area contributed by atoms with E-state index in [1.54, 1.807) is 13.0 Å². The first-order valence-corrected chi connectivity index (χ1v) is 12.0. The van der Waals surface area contributed by atoms with Crippen LogP contribution in [0.15, 0.2) is 66.7 Å². The van der Waals surface area contributed by atoms with E-state index in [0.29, 0.717) is 18.1 Å². The number of aryl methyl sites for hydroxylation is 1. The van der Waals surface area contributed by atoms with E-state index >= 15 is 0 Å². The average molecular weight is 453 g/mol. The van der Waals surface area contributed by atoms with Crippen molar-refractivity contribution in [1.82, 2.24) is 4.57 Å². The molecule has 0 spiro atoms. The molecule has 1 fully saturated rings. The number of fused-ring (bicyclic) bond motifs is 1. The highest BCUT2D eigenvalue weighted by Gasteiger charge is 2.35. The lowest BCUT2D eigenvalue weighted by Gasteiger charge is -2.32. The molecule has 0 bridgehead atoms. The molecule has 0 radical (unpaired) electrons. The summed E-state index contributed by atoms with van der Waals surface area (Å²) >= 11 is 0. The minimum atomic E-state index is -0.195. The molecule has 34 heavy (non-hydrogen) atoms.